The number of carbonyl (C=O) groups excluding carboxylic acids is 1. The van der Waals surface area contributed by atoms with Gasteiger partial charge in [-0.3, -0.25) is 4.79 Å². The average Bonchev–Trinajstić information content (AvgIpc) is 2.45. The van der Waals surface area contributed by atoms with Crippen molar-refractivity contribution < 1.29 is 9.18 Å². The number of nitrogens with zero attached hydrogens (tertiary/aromatic N) is 2. The minimum atomic E-state index is -0.422. The van der Waals surface area contributed by atoms with Gasteiger partial charge >= 0.3 is 0 Å². The predicted molar refractivity (Wildman–Crippen MR) is 75.3 cm³/mol. The third-order valence-corrected chi connectivity index (χ3v) is 2.77. The summed E-state index contributed by atoms with van der Waals surface area (Å²) in [6.07, 6.45) is 0. The number of benzene rings is 1. The van der Waals surface area contributed by atoms with Crippen LogP contribution in [0.4, 0.5) is 15.9 Å². The van der Waals surface area contributed by atoms with E-state index in [1.165, 1.54) is 12.1 Å². The van der Waals surface area contributed by atoms with Crippen LogP contribution in [0.1, 0.15) is 23.0 Å². The van der Waals surface area contributed by atoms with Crippen molar-refractivity contribution in [3.63, 3.8) is 0 Å². The minimum Gasteiger partial charge on any atom is -0.369 e. The van der Waals surface area contributed by atoms with Crippen LogP contribution < -0.4 is 10.6 Å². The zero-order valence-corrected chi connectivity index (χ0v) is 11.3. The zero-order chi connectivity index (χ0) is 14.5. The van der Waals surface area contributed by atoms with Crippen LogP contribution in [-0.2, 0) is 0 Å². The van der Waals surface area contributed by atoms with E-state index >= 15 is 0 Å². The van der Waals surface area contributed by atoms with Crippen molar-refractivity contribution in [1.29, 1.82) is 0 Å². The van der Waals surface area contributed by atoms with E-state index in [1.54, 1.807) is 25.1 Å². The highest BCUT2D eigenvalue weighted by molar-refractivity contribution is 6.03. The van der Waals surface area contributed by atoms with Gasteiger partial charge < -0.3 is 10.6 Å². The van der Waals surface area contributed by atoms with E-state index in [0.29, 0.717) is 17.1 Å². The molecule has 0 aliphatic rings. The molecule has 1 aromatic heterocycles. The van der Waals surface area contributed by atoms with E-state index in [0.717, 1.165) is 6.54 Å². The summed E-state index contributed by atoms with van der Waals surface area (Å²) < 4.78 is 13.4. The van der Waals surface area contributed by atoms with Crippen LogP contribution >= 0.6 is 0 Å². The smallest absolute Gasteiger partial charge is 0.276 e. The van der Waals surface area contributed by atoms with Gasteiger partial charge in [0.2, 0.25) is 0 Å². The third-order valence-electron chi connectivity index (χ3n) is 2.77. The normalized spacial score (nSPS) is 10.2. The first-order chi connectivity index (χ1) is 9.61. The zero-order valence-electron chi connectivity index (χ0n) is 11.3. The van der Waals surface area contributed by atoms with Gasteiger partial charge in [-0.1, -0.05) is 6.07 Å². The van der Waals surface area contributed by atoms with Crippen LogP contribution in [0.5, 0.6) is 0 Å². The Balaban J connectivity index is 2.13. The molecule has 0 atom stereocenters. The SMILES string of the molecule is CCNc1ccc(C(=O)Nc2cccc(F)c2C)nn1. The van der Waals surface area contributed by atoms with Gasteiger partial charge in [0.1, 0.15) is 11.6 Å². The highest BCUT2D eigenvalue weighted by atomic mass is 19.1. The van der Waals surface area contributed by atoms with Gasteiger partial charge in [-0.15, -0.1) is 10.2 Å². The van der Waals surface area contributed by atoms with Crippen LogP contribution in [0, 0.1) is 12.7 Å². The molecule has 1 amide bonds. The van der Waals surface area contributed by atoms with Crippen molar-refractivity contribution in [3.8, 4) is 0 Å². The van der Waals surface area contributed by atoms with Crippen molar-refractivity contribution in [2.75, 3.05) is 17.2 Å². The van der Waals surface area contributed by atoms with Gasteiger partial charge in [-0.05, 0) is 38.1 Å². The topological polar surface area (TPSA) is 66.9 Å². The van der Waals surface area contributed by atoms with Crippen LogP contribution in [0.25, 0.3) is 0 Å². The first-order valence-electron chi connectivity index (χ1n) is 6.26. The number of halogens is 1. The maximum atomic E-state index is 13.4. The Morgan fingerprint density at radius 1 is 1.25 bits per heavy atom. The second kappa shape index (κ2) is 6.10. The molecule has 2 rings (SSSR count). The van der Waals surface area contributed by atoms with E-state index in [9.17, 15) is 9.18 Å². The van der Waals surface area contributed by atoms with Gasteiger partial charge in [-0.25, -0.2) is 4.39 Å². The molecule has 0 bridgehead atoms. The fourth-order valence-corrected chi connectivity index (χ4v) is 1.66. The standard InChI is InChI=1S/C14H15FN4O/c1-3-16-13-8-7-12(18-19-13)14(20)17-11-6-4-5-10(15)9(11)2/h4-8H,3H2,1-2H3,(H,16,19)(H,17,20). The summed E-state index contributed by atoms with van der Waals surface area (Å²) in [6, 6.07) is 7.75. The molecule has 2 aromatic rings. The van der Waals surface area contributed by atoms with Crippen LogP contribution in [0.15, 0.2) is 30.3 Å². The van der Waals surface area contributed by atoms with Crippen molar-refractivity contribution in [2.24, 2.45) is 0 Å². The Labute approximate surface area is 116 Å². The largest absolute Gasteiger partial charge is 0.369 e. The van der Waals surface area contributed by atoms with Crippen LogP contribution in [0.2, 0.25) is 0 Å². The van der Waals surface area contributed by atoms with Crippen LogP contribution in [-0.4, -0.2) is 22.6 Å². The maximum Gasteiger partial charge on any atom is 0.276 e. The summed E-state index contributed by atoms with van der Waals surface area (Å²) >= 11 is 0. The van der Waals surface area contributed by atoms with Crippen molar-refractivity contribution in [2.45, 2.75) is 13.8 Å². The molecule has 20 heavy (non-hydrogen) atoms. The second-order valence-corrected chi connectivity index (χ2v) is 4.20. The van der Waals surface area contributed by atoms with Gasteiger partial charge in [0.15, 0.2) is 5.69 Å². The molecule has 0 unspecified atom stereocenters. The number of hydrogen-bond donors (Lipinski definition) is 2. The first-order valence-corrected chi connectivity index (χ1v) is 6.26. The molecule has 5 nitrogen and oxygen atoms in total. The molecular weight excluding hydrogens is 259 g/mol. The van der Waals surface area contributed by atoms with Crippen molar-refractivity contribution in [1.82, 2.24) is 10.2 Å². The Morgan fingerprint density at radius 3 is 2.70 bits per heavy atom. The molecular formula is C14H15FN4O. The summed E-state index contributed by atoms with van der Waals surface area (Å²) in [5, 5.41) is 13.3. The summed E-state index contributed by atoms with van der Waals surface area (Å²) in [5.41, 5.74) is 0.987. The fraction of sp³-hybridized carbons (Fsp3) is 0.214. The summed E-state index contributed by atoms with van der Waals surface area (Å²) in [5.74, 6) is -0.184. The lowest BCUT2D eigenvalue weighted by Gasteiger charge is -2.08. The van der Waals surface area contributed by atoms with Gasteiger partial charge in [0.05, 0.1) is 0 Å². The number of aromatic nitrogens is 2. The highest BCUT2D eigenvalue weighted by Gasteiger charge is 2.11. The second-order valence-electron chi connectivity index (χ2n) is 4.20. The molecule has 0 fully saturated rings. The Kier molecular flexibility index (Phi) is 4.24. The van der Waals surface area contributed by atoms with E-state index in [1.807, 2.05) is 6.92 Å². The highest BCUT2D eigenvalue weighted by Crippen LogP contribution is 2.18. The fourth-order valence-electron chi connectivity index (χ4n) is 1.66. The first kappa shape index (κ1) is 13.9. The molecule has 2 N–H and O–H groups in total. The van der Waals surface area contributed by atoms with E-state index in [4.69, 9.17) is 0 Å². The Hall–Kier alpha value is -2.50. The lowest BCUT2D eigenvalue weighted by atomic mass is 10.2. The molecule has 0 aliphatic heterocycles. The molecule has 6 heteroatoms. The maximum absolute atomic E-state index is 13.4. The van der Waals surface area contributed by atoms with Crippen LogP contribution in [0.3, 0.4) is 0 Å². The summed E-state index contributed by atoms with van der Waals surface area (Å²) in [7, 11) is 0. The number of hydrogen-bond acceptors (Lipinski definition) is 4. The predicted octanol–water partition coefficient (Wildman–Crippen LogP) is 2.61. The van der Waals surface area contributed by atoms with Crippen molar-refractivity contribution >= 4 is 17.4 Å². The molecule has 0 aliphatic carbocycles. The lowest BCUT2D eigenvalue weighted by Crippen LogP contribution is -2.15. The molecule has 0 spiro atoms. The molecule has 0 saturated heterocycles. The van der Waals surface area contributed by atoms with E-state index < -0.39 is 5.91 Å². The molecule has 0 saturated carbocycles. The number of carbonyl (C=O) groups is 1. The van der Waals surface area contributed by atoms with Gasteiger partial charge in [0, 0.05) is 17.8 Å². The molecule has 1 aromatic carbocycles. The number of anilines is 2. The van der Waals surface area contributed by atoms with Gasteiger partial charge in [-0.2, -0.15) is 0 Å². The number of amides is 1. The third kappa shape index (κ3) is 3.09. The van der Waals surface area contributed by atoms with Crippen molar-refractivity contribution in [3.05, 3.63) is 47.4 Å². The Bertz CT molecular complexity index is 613. The Morgan fingerprint density at radius 2 is 2.05 bits per heavy atom. The van der Waals surface area contributed by atoms with E-state index in [-0.39, 0.29) is 11.5 Å². The average molecular weight is 274 g/mol. The monoisotopic (exact) mass is 274 g/mol. The molecule has 1 heterocycles. The molecule has 0 radical (unpaired) electrons. The van der Waals surface area contributed by atoms with Gasteiger partial charge in [0.25, 0.3) is 5.91 Å². The minimum absolute atomic E-state index is 0.176. The lowest BCUT2D eigenvalue weighted by molar-refractivity contribution is 0.102. The number of nitrogens with one attached hydrogen (secondary N) is 2. The summed E-state index contributed by atoms with van der Waals surface area (Å²) in [4.78, 5) is 12.0. The molecule has 104 valence electrons. The number of rotatable bonds is 4. The van der Waals surface area contributed by atoms with E-state index in [2.05, 4.69) is 20.8 Å². The quantitative estimate of drug-likeness (QED) is 0.899. The summed E-state index contributed by atoms with van der Waals surface area (Å²) in [6.45, 7) is 4.27.